The minimum absolute atomic E-state index is 0.118. The first-order valence-corrected chi connectivity index (χ1v) is 9.13. The number of hydrogen-bond donors (Lipinski definition) is 1. The van der Waals surface area contributed by atoms with Gasteiger partial charge in [-0.1, -0.05) is 0 Å². The van der Waals surface area contributed by atoms with E-state index in [9.17, 15) is 13.2 Å². The van der Waals surface area contributed by atoms with Gasteiger partial charge in [-0.3, -0.25) is 4.57 Å². The smallest absolute Gasteiger partial charge is 0.408 e. The molecule has 2 heterocycles. The quantitative estimate of drug-likeness (QED) is 0.889. The average Bonchev–Trinajstić information content (AvgIpc) is 2.81. The molecule has 1 aromatic carbocycles. The number of likely N-dealkylation sites (tertiary alicyclic amines) is 1. The summed E-state index contributed by atoms with van der Waals surface area (Å²) in [6.07, 6.45) is 1.98. The first kappa shape index (κ1) is 16.2. The number of sulfonamides is 1. The lowest BCUT2D eigenvalue weighted by molar-refractivity contribution is 0.220. The zero-order valence-corrected chi connectivity index (χ0v) is 14.1. The molecule has 3 rings (SSSR count). The highest BCUT2D eigenvalue weighted by molar-refractivity contribution is 7.89. The van der Waals surface area contributed by atoms with Gasteiger partial charge in [0, 0.05) is 19.7 Å². The van der Waals surface area contributed by atoms with Gasteiger partial charge in [-0.05, 0) is 51.0 Å². The molecule has 1 aromatic heterocycles. The highest BCUT2D eigenvalue weighted by Gasteiger charge is 2.21. The first-order chi connectivity index (χ1) is 10.9. The predicted molar refractivity (Wildman–Crippen MR) is 86.9 cm³/mol. The van der Waals surface area contributed by atoms with Crippen LogP contribution in [0.1, 0.15) is 12.8 Å². The van der Waals surface area contributed by atoms with Crippen molar-refractivity contribution in [1.29, 1.82) is 0 Å². The maximum atomic E-state index is 12.4. The van der Waals surface area contributed by atoms with Crippen LogP contribution in [0.25, 0.3) is 11.1 Å². The Hall–Kier alpha value is -1.64. The second-order valence-corrected chi connectivity index (χ2v) is 7.92. The van der Waals surface area contributed by atoms with Gasteiger partial charge in [-0.15, -0.1) is 0 Å². The van der Waals surface area contributed by atoms with Crippen molar-refractivity contribution in [2.75, 3.05) is 26.7 Å². The van der Waals surface area contributed by atoms with Crippen LogP contribution in [0.4, 0.5) is 0 Å². The minimum atomic E-state index is -3.60. The van der Waals surface area contributed by atoms with Crippen LogP contribution in [0.5, 0.6) is 0 Å². The van der Waals surface area contributed by atoms with Gasteiger partial charge in [0.25, 0.3) is 0 Å². The van der Waals surface area contributed by atoms with Gasteiger partial charge in [0.2, 0.25) is 10.0 Å². The Balaban J connectivity index is 1.75. The number of aryl methyl sites for hydroxylation is 1. The van der Waals surface area contributed by atoms with E-state index in [0.29, 0.717) is 18.0 Å². The lowest BCUT2D eigenvalue weighted by Crippen LogP contribution is -2.36. The summed E-state index contributed by atoms with van der Waals surface area (Å²) in [5, 5.41) is 0. The normalized spacial score (nSPS) is 17.8. The van der Waals surface area contributed by atoms with Gasteiger partial charge in [0.15, 0.2) is 5.58 Å². The maximum absolute atomic E-state index is 12.4. The highest BCUT2D eigenvalue weighted by Crippen LogP contribution is 2.19. The van der Waals surface area contributed by atoms with Crippen molar-refractivity contribution >= 4 is 21.1 Å². The zero-order chi connectivity index (χ0) is 16.6. The standard InChI is InChI=1S/C15H21N3O4S/c1-17-7-5-11(6-8-17)10-16-23(20,21)12-3-4-13-14(9-12)22-15(19)18(13)2/h3-4,9,11,16H,5-8,10H2,1-2H3. The van der Waals surface area contributed by atoms with Crippen LogP contribution in [-0.2, 0) is 17.1 Å². The summed E-state index contributed by atoms with van der Waals surface area (Å²) in [5.41, 5.74) is 0.851. The van der Waals surface area contributed by atoms with E-state index in [-0.39, 0.29) is 10.5 Å². The van der Waals surface area contributed by atoms with Crippen molar-refractivity contribution in [3.05, 3.63) is 28.7 Å². The van der Waals surface area contributed by atoms with Crippen LogP contribution in [0.2, 0.25) is 0 Å². The molecule has 126 valence electrons. The van der Waals surface area contributed by atoms with Crippen LogP contribution in [-0.4, -0.2) is 44.6 Å². The topological polar surface area (TPSA) is 84.6 Å². The van der Waals surface area contributed by atoms with Crippen LogP contribution >= 0.6 is 0 Å². The molecule has 0 aliphatic carbocycles. The number of piperidine rings is 1. The van der Waals surface area contributed by atoms with Gasteiger partial charge in [0.05, 0.1) is 10.4 Å². The van der Waals surface area contributed by atoms with Gasteiger partial charge < -0.3 is 9.32 Å². The van der Waals surface area contributed by atoms with Crippen molar-refractivity contribution in [2.45, 2.75) is 17.7 Å². The Kier molecular flexibility index (Phi) is 4.31. The van der Waals surface area contributed by atoms with E-state index in [1.807, 2.05) is 0 Å². The Morgan fingerprint density at radius 1 is 1.26 bits per heavy atom. The van der Waals surface area contributed by atoms with E-state index >= 15 is 0 Å². The molecule has 0 amide bonds. The van der Waals surface area contributed by atoms with Gasteiger partial charge >= 0.3 is 5.76 Å². The molecule has 0 unspecified atom stereocenters. The fourth-order valence-corrected chi connectivity index (χ4v) is 3.99. The molecule has 23 heavy (non-hydrogen) atoms. The van der Waals surface area contributed by atoms with E-state index in [4.69, 9.17) is 4.42 Å². The first-order valence-electron chi connectivity index (χ1n) is 7.64. The van der Waals surface area contributed by atoms with Crippen LogP contribution in [0, 0.1) is 5.92 Å². The van der Waals surface area contributed by atoms with Crippen molar-refractivity contribution in [2.24, 2.45) is 13.0 Å². The lowest BCUT2D eigenvalue weighted by atomic mass is 9.98. The molecule has 0 bridgehead atoms. The molecule has 1 N–H and O–H groups in total. The van der Waals surface area contributed by atoms with Crippen LogP contribution in [0.3, 0.4) is 0 Å². The molecule has 1 fully saturated rings. The second-order valence-electron chi connectivity index (χ2n) is 6.16. The van der Waals surface area contributed by atoms with Gasteiger partial charge in [0.1, 0.15) is 0 Å². The predicted octanol–water partition coefficient (Wildman–Crippen LogP) is 0.752. The largest absolute Gasteiger partial charge is 0.419 e. The monoisotopic (exact) mass is 339 g/mol. The molecule has 8 heteroatoms. The number of nitrogens with zero attached hydrogens (tertiary/aromatic N) is 2. The highest BCUT2D eigenvalue weighted by atomic mass is 32.2. The van der Waals surface area contributed by atoms with Crippen molar-refractivity contribution in [3.8, 4) is 0 Å². The molecule has 0 saturated carbocycles. The maximum Gasteiger partial charge on any atom is 0.419 e. The van der Waals surface area contributed by atoms with E-state index < -0.39 is 15.8 Å². The summed E-state index contributed by atoms with van der Waals surface area (Å²) in [7, 11) is 0.0535. The van der Waals surface area contributed by atoms with E-state index in [2.05, 4.69) is 16.7 Å². The number of aromatic nitrogens is 1. The molecular formula is C15H21N3O4S. The number of benzene rings is 1. The summed E-state index contributed by atoms with van der Waals surface area (Å²) in [5.74, 6) is -0.145. The fourth-order valence-electron chi connectivity index (χ4n) is 2.86. The third-order valence-electron chi connectivity index (χ3n) is 4.47. The summed E-state index contributed by atoms with van der Waals surface area (Å²) in [6, 6.07) is 4.48. The number of fused-ring (bicyclic) bond motifs is 1. The SMILES string of the molecule is CN1CCC(CNS(=O)(=O)c2ccc3c(c2)oc(=O)n3C)CC1. The molecular weight excluding hydrogens is 318 g/mol. The van der Waals surface area contributed by atoms with Crippen LogP contribution in [0.15, 0.2) is 32.3 Å². The summed E-state index contributed by atoms with van der Waals surface area (Å²) in [6.45, 7) is 2.42. The minimum Gasteiger partial charge on any atom is -0.408 e. The molecule has 7 nitrogen and oxygen atoms in total. The molecule has 2 aromatic rings. The average molecular weight is 339 g/mol. The van der Waals surface area contributed by atoms with Crippen molar-refractivity contribution in [3.63, 3.8) is 0 Å². The molecule has 0 atom stereocenters. The molecule has 1 aliphatic rings. The zero-order valence-electron chi connectivity index (χ0n) is 13.3. The summed E-state index contributed by atoms with van der Waals surface area (Å²) < 4.78 is 33.9. The fraction of sp³-hybridized carbons (Fsp3) is 0.533. The van der Waals surface area contributed by atoms with Gasteiger partial charge in [-0.2, -0.15) is 0 Å². The van der Waals surface area contributed by atoms with E-state index in [0.717, 1.165) is 25.9 Å². The molecule has 1 saturated heterocycles. The third kappa shape index (κ3) is 3.34. The summed E-state index contributed by atoms with van der Waals surface area (Å²) >= 11 is 0. The number of rotatable bonds is 4. The Labute approximate surface area is 134 Å². The number of hydrogen-bond acceptors (Lipinski definition) is 5. The number of nitrogens with one attached hydrogen (secondary N) is 1. The van der Waals surface area contributed by atoms with Gasteiger partial charge in [-0.25, -0.2) is 17.9 Å². The van der Waals surface area contributed by atoms with Crippen molar-refractivity contribution in [1.82, 2.24) is 14.2 Å². The number of oxazole rings is 1. The Morgan fingerprint density at radius 3 is 2.65 bits per heavy atom. The van der Waals surface area contributed by atoms with E-state index in [1.165, 1.54) is 16.7 Å². The van der Waals surface area contributed by atoms with Crippen molar-refractivity contribution < 1.29 is 12.8 Å². The molecule has 1 aliphatic heterocycles. The lowest BCUT2D eigenvalue weighted by Gasteiger charge is -2.28. The third-order valence-corrected chi connectivity index (χ3v) is 5.90. The second kappa shape index (κ2) is 6.10. The Bertz CT molecular complexity index is 860. The molecule has 0 radical (unpaired) electrons. The van der Waals surface area contributed by atoms with Crippen LogP contribution < -0.4 is 10.5 Å². The van der Waals surface area contributed by atoms with E-state index in [1.54, 1.807) is 13.1 Å². The Morgan fingerprint density at radius 2 is 1.96 bits per heavy atom. The molecule has 0 spiro atoms. The summed E-state index contributed by atoms with van der Waals surface area (Å²) in [4.78, 5) is 13.8.